The molecule has 2 rings (SSSR count). The van der Waals surface area contributed by atoms with E-state index in [1.165, 1.54) is 0 Å². The third-order valence-electron chi connectivity index (χ3n) is 1.57. The van der Waals surface area contributed by atoms with Crippen molar-refractivity contribution in [3.05, 3.63) is 0 Å². The molecule has 2 aliphatic heterocycles. The summed E-state index contributed by atoms with van der Waals surface area (Å²) in [5.74, 6) is 0. The van der Waals surface area contributed by atoms with Gasteiger partial charge in [-0.25, -0.2) is 4.57 Å². The third-order valence-corrected chi connectivity index (χ3v) is 2.55. The Morgan fingerprint density at radius 3 is 2.82 bits per heavy atom. The fraction of sp³-hybridized carbons (Fsp3) is 1.00. The lowest BCUT2D eigenvalue weighted by molar-refractivity contribution is -0.0419. The van der Waals surface area contributed by atoms with Crippen LogP contribution in [0.25, 0.3) is 0 Å². The van der Waals surface area contributed by atoms with Crippen LogP contribution < -0.4 is 0 Å². The van der Waals surface area contributed by atoms with Crippen molar-refractivity contribution >= 4 is 7.82 Å². The van der Waals surface area contributed by atoms with Gasteiger partial charge in [-0.15, -0.1) is 0 Å². The van der Waals surface area contributed by atoms with Gasteiger partial charge < -0.3 is 14.7 Å². The lowest BCUT2D eigenvalue weighted by Gasteiger charge is -2.06. The van der Waals surface area contributed by atoms with E-state index >= 15 is 0 Å². The van der Waals surface area contributed by atoms with Crippen molar-refractivity contribution in [3.8, 4) is 0 Å². The van der Waals surface area contributed by atoms with E-state index in [1.807, 2.05) is 0 Å². The molecule has 2 saturated heterocycles. The molecule has 1 unspecified atom stereocenters. The highest BCUT2D eigenvalue weighted by Gasteiger charge is 2.52. The molecular formula is C4H7O6P. The molecule has 2 heterocycles. The molecule has 0 amide bonds. The second kappa shape index (κ2) is 2.26. The largest absolute Gasteiger partial charge is 0.475 e. The van der Waals surface area contributed by atoms with Crippen molar-refractivity contribution in [2.45, 2.75) is 18.5 Å². The molecule has 0 bridgehead atoms. The maximum atomic E-state index is 10.7. The maximum Gasteiger partial charge on any atom is 0.475 e. The summed E-state index contributed by atoms with van der Waals surface area (Å²) < 4.78 is 24.4. The Hall–Kier alpha value is 0.0300. The minimum absolute atomic E-state index is 0.0787. The predicted molar refractivity (Wildman–Crippen MR) is 31.5 cm³/mol. The van der Waals surface area contributed by atoms with E-state index < -0.39 is 26.3 Å². The molecule has 2 N–H and O–H groups in total. The maximum absolute atomic E-state index is 10.7. The summed E-state index contributed by atoms with van der Waals surface area (Å²) in [6, 6.07) is 0. The van der Waals surface area contributed by atoms with Crippen LogP contribution in [0, 0.1) is 0 Å². The number of rotatable bonds is 0. The normalized spacial score (nSPS) is 56.4. The number of hydrogen-bond donors (Lipinski definition) is 2. The van der Waals surface area contributed by atoms with Gasteiger partial charge in [0.15, 0.2) is 6.29 Å². The standard InChI is InChI=1S/C4H7O6P/c5-2-1-8-4-3(2)9-11(6,7)10-4/h2-5H,1H2,(H,6,7)/t2-,3-,4-/m1/s1. The van der Waals surface area contributed by atoms with Crippen molar-refractivity contribution < 1.29 is 28.3 Å². The van der Waals surface area contributed by atoms with Gasteiger partial charge >= 0.3 is 7.82 Å². The van der Waals surface area contributed by atoms with Crippen LogP contribution in [0.2, 0.25) is 0 Å². The van der Waals surface area contributed by atoms with Gasteiger partial charge in [0.25, 0.3) is 0 Å². The van der Waals surface area contributed by atoms with Gasteiger partial charge in [-0.2, -0.15) is 0 Å². The number of aliphatic hydroxyl groups excluding tert-OH is 1. The molecule has 0 spiro atoms. The second-order valence-corrected chi connectivity index (χ2v) is 3.77. The van der Waals surface area contributed by atoms with E-state index in [2.05, 4.69) is 9.05 Å². The molecule has 0 aromatic heterocycles. The smallest absolute Gasteiger partial charge is 0.388 e. The van der Waals surface area contributed by atoms with E-state index in [0.717, 1.165) is 0 Å². The fourth-order valence-electron chi connectivity index (χ4n) is 1.08. The first kappa shape index (κ1) is 7.67. The topological polar surface area (TPSA) is 85.2 Å². The van der Waals surface area contributed by atoms with E-state index in [4.69, 9.17) is 14.7 Å². The van der Waals surface area contributed by atoms with Crippen LogP contribution >= 0.6 is 7.82 Å². The zero-order chi connectivity index (χ0) is 8.06. The molecule has 0 aromatic rings. The average Bonchev–Trinajstić information content (AvgIpc) is 2.31. The first-order chi connectivity index (χ1) is 5.08. The summed E-state index contributed by atoms with van der Waals surface area (Å²) in [5, 5.41) is 9.07. The summed E-state index contributed by atoms with van der Waals surface area (Å²) in [5.41, 5.74) is 0. The van der Waals surface area contributed by atoms with Crippen LogP contribution in [-0.4, -0.2) is 35.1 Å². The Kier molecular flexibility index (Phi) is 1.57. The number of ether oxygens (including phenoxy) is 1. The van der Waals surface area contributed by atoms with Gasteiger partial charge in [-0.3, -0.25) is 9.05 Å². The first-order valence-electron chi connectivity index (χ1n) is 3.08. The van der Waals surface area contributed by atoms with E-state index in [-0.39, 0.29) is 6.61 Å². The van der Waals surface area contributed by atoms with Crippen LogP contribution in [0.4, 0.5) is 0 Å². The van der Waals surface area contributed by atoms with Gasteiger partial charge in [0.2, 0.25) is 0 Å². The predicted octanol–water partition coefficient (Wildman–Crippen LogP) is -0.781. The highest BCUT2D eigenvalue weighted by Crippen LogP contribution is 2.54. The summed E-state index contributed by atoms with van der Waals surface area (Å²) in [6.45, 7) is 0.0787. The highest BCUT2D eigenvalue weighted by atomic mass is 31.2. The summed E-state index contributed by atoms with van der Waals surface area (Å²) in [7, 11) is -3.94. The Bertz CT molecular complexity index is 217. The van der Waals surface area contributed by atoms with Gasteiger partial charge in [0.1, 0.15) is 12.2 Å². The lowest BCUT2D eigenvalue weighted by Crippen LogP contribution is -2.26. The van der Waals surface area contributed by atoms with Crippen molar-refractivity contribution in [1.29, 1.82) is 0 Å². The van der Waals surface area contributed by atoms with Gasteiger partial charge in [0.05, 0.1) is 6.61 Å². The number of hydrogen-bond acceptors (Lipinski definition) is 5. The molecule has 11 heavy (non-hydrogen) atoms. The average molecular weight is 182 g/mol. The number of phosphoric ester groups is 1. The van der Waals surface area contributed by atoms with Crippen LogP contribution in [0.5, 0.6) is 0 Å². The molecule has 6 nitrogen and oxygen atoms in total. The Morgan fingerprint density at radius 2 is 2.18 bits per heavy atom. The third kappa shape index (κ3) is 1.22. The monoisotopic (exact) mass is 182 g/mol. The summed E-state index contributed by atoms with van der Waals surface area (Å²) in [4.78, 5) is 8.74. The number of phosphoric acid groups is 1. The molecular weight excluding hydrogens is 175 g/mol. The van der Waals surface area contributed by atoms with Gasteiger partial charge in [0, 0.05) is 0 Å². The molecule has 0 saturated carbocycles. The van der Waals surface area contributed by atoms with E-state index in [1.54, 1.807) is 0 Å². The minimum Gasteiger partial charge on any atom is -0.388 e. The van der Waals surface area contributed by atoms with Crippen molar-refractivity contribution in [1.82, 2.24) is 0 Å². The SMILES string of the molecule is O=P1(O)O[C@H]2OC[C@@H](O)[C@H]2O1. The van der Waals surface area contributed by atoms with Crippen LogP contribution in [-0.2, 0) is 18.3 Å². The quantitative estimate of drug-likeness (QED) is 0.478. The van der Waals surface area contributed by atoms with E-state index in [9.17, 15) is 4.57 Å². The molecule has 0 aliphatic carbocycles. The lowest BCUT2D eigenvalue weighted by atomic mass is 10.2. The van der Waals surface area contributed by atoms with Crippen molar-refractivity contribution in [2.24, 2.45) is 0 Å². The molecule has 0 radical (unpaired) electrons. The second-order valence-electron chi connectivity index (χ2n) is 2.41. The Morgan fingerprint density at radius 1 is 1.45 bits per heavy atom. The van der Waals surface area contributed by atoms with Crippen LogP contribution in [0.3, 0.4) is 0 Å². The zero-order valence-corrected chi connectivity index (χ0v) is 6.31. The minimum atomic E-state index is -3.94. The summed E-state index contributed by atoms with van der Waals surface area (Å²) >= 11 is 0. The molecule has 64 valence electrons. The molecule has 2 fully saturated rings. The van der Waals surface area contributed by atoms with Gasteiger partial charge in [-0.05, 0) is 0 Å². The number of aliphatic hydroxyl groups is 1. The Balaban J connectivity index is 2.16. The fourth-order valence-corrected chi connectivity index (χ4v) is 2.13. The molecule has 2 aliphatic rings. The zero-order valence-electron chi connectivity index (χ0n) is 5.41. The Labute approximate surface area is 62.3 Å². The number of fused-ring (bicyclic) bond motifs is 1. The first-order valence-corrected chi connectivity index (χ1v) is 4.57. The van der Waals surface area contributed by atoms with Crippen molar-refractivity contribution in [2.75, 3.05) is 6.61 Å². The van der Waals surface area contributed by atoms with E-state index in [0.29, 0.717) is 0 Å². The van der Waals surface area contributed by atoms with Crippen LogP contribution in [0.1, 0.15) is 0 Å². The molecule has 0 aromatic carbocycles. The summed E-state index contributed by atoms with van der Waals surface area (Å²) in [6.07, 6.45) is -2.57. The molecule has 7 heteroatoms. The van der Waals surface area contributed by atoms with Gasteiger partial charge in [-0.1, -0.05) is 0 Å². The highest BCUT2D eigenvalue weighted by molar-refractivity contribution is 7.47. The van der Waals surface area contributed by atoms with Crippen molar-refractivity contribution in [3.63, 3.8) is 0 Å². The van der Waals surface area contributed by atoms with Crippen LogP contribution in [0.15, 0.2) is 0 Å². The molecule has 4 atom stereocenters.